The van der Waals surface area contributed by atoms with Crippen LogP contribution >= 0.6 is 11.3 Å². The number of nitrogens with one attached hydrogen (secondary N) is 1. The van der Waals surface area contributed by atoms with Gasteiger partial charge in [0.25, 0.3) is 5.91 Å². The summed E-state index contributed by atoms with van der Waals surface area (Å²) in [4.78, 5) is 28.4. The first kappa shape index (κ1) is 18.9. The minimum absolute atomic E-state index is 0.102. The first-order valence-electron chi connectivity index (χ1n) is 10.1. The molecule has 6 heteroatoms. The second-order valence-electron chi connectivity index (χ2n) is 7.64. The number of rotatable bonds is 4. The fourth-order valence-electron chi connectivity index (χ4n) is 4.19. The molecule has 3 aromatic rings. The average Bonchev–Trinajstić information content (AvgIpc) is 3.40. The Morgan fingerprint density at radius 3 is 2.57 bits per heavy atom. The number of hydrogen-bond donors (Lipinski definition) is 1. The molecule has 0 radical (unpaired) electrons. The van der Waals surface area contributed by atoms with Crippen LogP contribution < -0.4 is 15.0 Å². The first-order valence-corrected chi connectivity index (χ1v) is 11.0. The van der Waals surface area contributed by atoms with E-state index in [1.807, 2.05) is 36.4 Å². The first-order chi connectivity index (χ1) is 14.6. The predicted molar refractivity (Wildman–Crippen MR) is 120 cm³/mol. The molecule has 152 valence electrons. The van der Waals surface area contributed by atoms with Gasteiger partial charge in [-0.3, -0.25) is 9.59 Å². The highest BCUT2D eigenvalue weighted by molar-refractivity contribution is 7.17. The predicted octanol–water partition coefficient (Wildman–Crippen LogP) is 4.90. The SMILES string of the molecule is COc1ccc2c(c1)CCc1cc(C(=O)Nc3ccc(N4CCCC4=O)cc3)sc1-2. The monoisotopic (exact) mass is 418 g/mol. The van der Waals surface area contributed by atoms with Crippen molar-refractivity contribution in [2.75, 3.05) is 23.9 Å². The number of benzene rings is 2. The molecule has 2 heterocycles. The van der Waals surface area contributed by atoms with E-state index in [2.05, 4.69) is 17.4 Å². The van der Waals surface area contributed by atoms with Gasteiger partial charge in [0.05, 0.1) is 12.0 Å². The van der Waals surface area contributed by atoms with Crippen LogP contribution in [0.4, 0.5) is 11.4 Å². The lowest BCUT2D eigenvalue weighted by Crippen LogP contribution is -2.23. The van der Waals surface area contributed by atoms with Crippen LogP contribution in [0.25, 0.3) is 10.4 Å². The lowest BCUT2D eigenvalue weighted by Gasteiger charge is -2.16. The number of hydrogen-bond acceptors (Lipinski definition) is 4. The van der Waals surface area contributed by atoms with Crippen molar-refractivity contribution in [1.82, 2.24) is 0 Å². The fraction of sp³-hybridized carbons (Fsp3) is 0.250. The molecule has 5 nitrogen and oxygen atoms in total. The van der Waals surface area contributed by atoms with Crippen molar-refractivity contribution in [3.8, 4) is 16.2 Å². The van der Waals surface area contributed by atoms with Gasteiger partial charge in [-0.2, -0.15) is 0 Å². The third-order valence-electron chi connectivity index (χ3n) is 5.76. The number of amides is 2. The largest absolute Gasteiger partial charge is 0.497 e. The number of nitrogens with zero attached hydrogens (tertiary/aromatic N) is 1. The van der Waals surface area contributed by atoms with Crippen molar-refractivity contribution >= 4 is 34.5 Å². The molecule has 0 atom stereocenters. The van der Waals surface area contributed by atoms with Gasteiger partial charge in [0.1, 0.15) is 5.75 Å². The zero-order chi connectivity index (χ0) is 20.7. The van der Waals surface area contributed by atoms with Crippen molar-refractivity contribution in [1.29, 1.82) is 0 Å². The summed E-state index contributed by atoms with van der Waals surface area (Å²) in [6, 6.07) is 15.7. The van der Waals surface area contributed by atoms with Gasteiger partial charge in [0.2, 0.25) is 5.91 Å². The summed E-state index contributed by atoms with van der Waals surface area (Å²) in [6.45, 7) is 0.763. The molecular formula is C24H22N2O3S. The highest BCUT2D eigenvalue weighted by Gasteiger charge is 2.23. The summed E-state index contributed by atoms with van der Waals surface area (Å²) < 4.78 is 5.34. The molecule has 1 aromatic heterocycles. The molecule has 1 aliphatic heterocycles. The number of fused-ring (bicyclic) bond motifs is 3. The maximum atomic E-state index is 12.9. The van der Waals surface area contributed by atoms with Gasteiger partial charge in [-0.1, -0.05) is 0 Å². The van der Waals surface area contributed by atoms with E-state index in [9.17, 15) is 9.59 Å². The number of methoxy groups -OCH3 is 1. The molecule has 30 heavy (non-hydrogen) atoms. The highest BCUT2D eigenvalue weighted by Crippen LogP contribution is 2.41. The second kappa shape index (κ2) is 7.61. The number of ether oxygens (including phenoxy) is 1. The summed E-state index contributed by atoms with van der Waals surface area (Å²) in [6.07, 6.45) is 3.39. The number of carbonyl (C=O) groups excluding carboxylic acids is 2. The number of thiophene rings is 1. The van der Waals surface area contributed by atoms with E-state index < -0.39 is 0 Å². The van der Waals surface area contributed by atoms with Crippen LogP contribution in [0.5, 0.6) is 5.75 Å². The molecule has 2 amide bonds. The minimum Gasteiger partial charge on any atom is -0.497 e. The van der Waals surface area contributed by atoms with Gasteiger partial charge in [-0.15, -0.1) is 11.3 Å². The van der Waals surface area contributed by atoms with E-state index in [0.29, 0.717) is 11.3 Å². The second-order valence-corrected chi connectivity index (χ2v) is 8.69. The topological polar surface area (TPSA) is 58.6 Å². The van der Waals surface area contributed by atoms with Gasteiger partial charge < -0.3 is 15.0 Å². The molecule has 1 saturated heterocycles. The quantitative estimate of drug-likeness (QED) is 0.656. The van der Waals surface area contributed by atoms with Crippen molar-refractivity contribution < 1.29 is 14.3 Å². The Balaban J connectivity index is 1.34. The zero-order valence-corrected chi connectivity index (χ0v) is 17.6. The molecule has 0 spiro atoms. The lowest BCUT2D eigenvalue weighted by atomic mass is 9.91. The maximum absolute atomic E-state index is 12.9. The molecule has 2 aromatic carbocycles. The van der Waals surface area contributed by atoms with Crippen molar-refractivity contribution in [2.24, 2.45) is 0 Å². The molecular weight excluding hydrogens is 396 g/mol. The average molecular weight is 419 g/mol. The molecule has 0 unspecified atom stereocenters. The number of aryl methyl sites for hydroxylation is 2. The molecule has 1 fully saturated rings. The summed E-state index contributed by atoms with van der Waals surface area (Å²) >= 11 is 1.54. The van der Waals surface area contributed by atoms with Crippen LogP contribution in [0.2, 0.25) is 0 Å². The number of carbonyl (C=O) groups is 2. The Hall–Kier alpha value is -3.12. The lowest BCUT2D eigenvalue weighted by molar-refractivity contribution is -0.117. The Labute approximate surface area is 179 Å². The van der Waals surface area contributed by atoms with Crippen LogP contribution in [0.1, 0.15) is 33.6 Å². The minimum atomic E-state index is -0.102. The zero-order valence-electron chi connectivity index (χ0n) is 16.7. The van der Waals surface area contributed by atoms with Crippen LogP contribution in [-0.2, 0) is 17.6 Å². The van der Waals surface area contributed by atoms with Crippen LogP contribution in [0.15, 0.2) is 48.5 Å². The Morgan fingerprint density at radius 2 is 1.83 bits per heavy atom. The van der Waals surface area contributed by atoms with E-state index in [-0.39, 0.29) is 11.8 Å². The van der Waals surface area contributed by atoms with E-state index in [4.69, 9.17) is 4.74 Å². The van der Waals surface area contributed by atoms with E-state index in [0.717, 1.165) is 42.9 Å². The van der Waals surface area contributed by atoms with E-state index in [1.165, 1.54) is 32.9 Å². The van der Waals surface area contributed by atoms with Gasteiger partial charge >= 0.3 is 0 Å². The third-order valence-corrected chi connectivity index (χ3v) is 6.97. The highest BCUT2D eigenvalue weighted by atomic mass is 32.1. The molecule has 5 rings (SSSR count). The molecule has 2 aliphatic rings. The standard InChI is InChI=1S/C24H22N2O3S/c1-29-19-10-11-20-15(13-19)4-5-16-14-21(30-23(16)20)24(28)25-17-6-8-18(9-7-17)26-12-2-3-22(26)27/h6-11,13-14H,2-5,12H2,1H3,(H,25,28). The molecule has 1 N–H and O–H groups in total. The van der Waals surface area contributed by atoms with Crippen LogP contribution in [-0.4, -0.2) is 25.5 Å². The molecule has 0 bridgehead atoms. The van der Waals surface area contributed by atoms with Gasteiger partial charge in [0.15, 0.2) is 0 Å². The smallest absolute Gasteiger partial charge is 0.265 e. The van der Waals surface area contributed by atoms with Gasteiger partial charge in [-0.25, -0.2) is 0 Å². The number of anilines is 2. The van der Waals surface area contributed by atoms with Crippen LogP contribution in [0.3, 0.4) is 0 Å². The van der Waals surface area contributed by atoms with Gasteiger partial charge in [-0.05, 0) is 84.5 Å². The molecule has 0 saturated carbocycles. The molecule has 1 aliphatic carbocycles. The third kappa shape index (κ3) is 3.37. The summed E-state index contributed by atoms with van der Waals surface area (Å²) in [5.41, 5.74) is 5.30. The van der Waals surface area contributed by atoms with E-state index in [1.54, 1.807) is 12.0 Å². The summed E-state index contributed by atoms with van der Waals surface area (Å²) in [7, 11) is 1.68. The maximum Gasteiger partial charge on any atom is 0.265 e. The Bertz CT molecular complexity index is 1130. The normalized spacial score (nSPS) is 15.0. The van der Waals surface area contributed by atoms with Gasteiger partial charge in [0, 0.05) is 29.2 Å². The van der Waals surface area contributed by atoms with E-state index >= 15 is 0 Å². The fourth-order valence-corrected chi connectivity index (χ4v) is 5.35. The summed E-state index contributed by atoms with van der Waals surface area (Å²) in [5, 5.41) is 2.99. The van der Waals surface area contributed by atoms with Crippen molar-refractivity contribution in [2.45, 2.75) is 25.7 Å². The van der Waals surface area contributed by atoms with Crippen molar-refractivity contribution in [3.63, 3.8) is 0 Å². The van der Waals surface area contributed by atoms with Crippen LogP contribution in [0, 0.1) is 0 Å². The Kier molecular flexibility index (Phi) is 4.79. The van der Waals surface area contributed by atoms with Crippen molar-refractivity contribution in [3.05, 3.63) is 64.5 Å². The summed E-state index contributed by atoms with van der Waals surface area (Å²) in [5.74, 6) is 0.925. The Morgan fingerprint density at radius 1 is 1.03 bits per heavy atom.